The van der Waals surface area contributed by atoms with Crippen LogP contribution in [0.3, 0.4) is 0 Å². The molecule has 144 valence electrons. The van der Waals surface area contributed by atoms with E-state index in [2.05, 4.69) is 27.7 Å². The smallest absolute Gasteiger partial charge is 0.314 e. The summed E-state index contributed by atoms with van der Waals surface area (Å²) in [5.74, 6) is -1.65. The number of benzene rings is 2. The number of hydrogen-bond acceptors (Lipinski definition) is 3. The van der Waals surface area contributed by atoms with Crippen LogP contribution in [-0.2, 0) is 0 Å². The lowest BCUT2D eigenvalue weighted by molar-refractivity contribution is 0.172. The number of carbonyl (C=O) groups excluding carboxylic acids is 1. The van der Waals surface area contributed by atoms with Gasteiger partial charge in [-0.3, -0.25) is 0 Å². The number of amides is 2. The van der Waals surface area contributed by atoms with E-state index in [1.165, 1.54) is 11.8 Å². The lowest BCUT2D eigenvalue weighted by Gasteiger charge is -2.19. The highest BCUT2D eigenvalue weighted by molar-refractivity contribution is 5.73. The first-order valence-electron chi connectivity index (χ1n) is 8.97. The molecule has 0 bridgehead atoms. The zero-order valence-corrected chi connectivity index (χ0v) is 14.9. The molecule has 0 unspecified atom stereocenters. The van der Waals surface area contributed by atoms with Gasteiger partial charge in [0.15, 0.2) is 11.6 Å². The van der Waals surface area contributed by atoms with Gasteiger partial charge in [0.25, 0.3) is 0 Å². The van der Waals surface area contributed by atoms with Gasteiger partial charge < -0.3 is 20.6 Å². The van der Waals surface area contributed by atoms with Gasteiger partial charge in [-0.2, -0.15) is 0 Å². The number of hydrogen-bond donors (Lipinski definition) is 3. The van der Waals surface area contributed by atoms with Crippen molar-refractivity contribution in [1.82, 2.24) is 10.6 Å². The lowest BCUT2D eigenvalue weighted by Crippen LogP contribution is -2.40. The first-order valence-corrected chi connectivity index (χ1v) is 8.97. The van der Waals surface area contributed by atoms with E-state index in [1.807, 2.05) is 18.2 Å². The molecule has 0 radical (unpaired) electrons. The second-order valence-corrected chi connectivity index (χ2v) is 6.72. The van der Waals surface area contributed by atoms with Gasteiger partial charge in [-0.1, -0.05) is 24.3 Å². The van der Waals surface area contributed by atoms with E-state index < -0.39 is 23.8 Å². The number of urea groups is 1. The highest BCUT2D eigenvalue weighted by atomic mass is 19.2. The molecule has 0 aromatic heterocycles. The Kier molecular flexibility index (Phi) is 6.24. The molecule has 27 heavy (non-hydrogen) atoms. The van der Waals surface area contributed by atoms with Crippen LogP contribution in [0.4, 0.5) is 19.3 Å². The second kappa shape index (κ2) is 8.81. The van der Waals surface area contributed by atoms with Gasteiger partial charge >= 0.3 is 6.03 Å². The second-order valence-electron chi connectivity index (χ2n) is 6.72. The number of halogens is 2. The molecule has 1 heterocycles. The topological polar surface area (TPSA) is 64.6 Å². The quantitative estimate of drug-likeness (QED) is 0.728. The molecule has 0 spiro atoms. The van der Waals surface area contributed by atoms with Crippen molar-refractivity contribution in [2.45, 2.75) is 12.5 Å². The molecule has 7 heteroatoms. The van der Waals surface area contributed by atoms with Crippen LogP contribution in [0.1, 0.15) is 18.1 Å². The number of rotatable bonds is 6. The van der Waals surface area contributed by atoms with Gasteiger partial charge in [0, 0.05) is 31.9 Å². The van der Waals surface area contributed by atoms with E-state index in [1.54, 1.807) is 0 Å². The van der Waals surface area contributed by atoms with Crippen molar-refractivity contribution >= 4 is 11.7 Å². The zero-order valence-electron chi connectivity index (χ0n) is 14.9. The van der Waals surface area contributed by atoms with E-state index in [0.717, 1.165) is 31.6 Å². The fourth-order valence-corrected chi connectivity index (χ4v) is 3.20. The molecule has 1 saturated heterocycles. The largest absolute Gasteiger partial charge is 0.387 e. The normalized spacial score (nSPS) is 17.6. The third kappa shape index (κ3) is 5.17. The number of nitrogens with zero attached hydrogens (tertiary/aromatic N) is 1. The predicted octanol–water partition coefficient (Wildman–Crippen LogP) is 2.82. The number of anilines is 1. The maximum Gasteiger partial charge on any atom is 0.314 e. The molecule has 5 nitrogen and oxygen atoms in total. The molecule has 1 aliphatic heterocycles. The van der Waals surface area contributed by atoms with Crippen LogP contribution in [0.15, 0.2) is 48.5 Å². The minimum absolute atomic E-state index is 0.0856. The van der Waals surface area contributed by atoms with E-state index in [-0.39, 0.29) is 12.1 Å². The fourth-order valence-electron chi connectivity index (χ4n) is 3.20. The van der Waals surface area contributed by atoms with Gasteiger partial charge in [-0.05, 0) is 42.2 Å². The van der Waals surface area contributed by atoms with Crippen molar-refractivity contribution in [3.63, 3.8) is 0 Å². The average Bonchev–Trinajstić information content (AvgIpc) is 3.16. The zero-order chi connectivity index (χ0) is 19.2. The van der Waals surface area contributed by atoms with Gasteiger partial charge in [-0.25, -0.2) is 13.6 Å². The maximum atomic E-state index is 13.2. The summed E-state index contributed by atoms with van der Waals surface area (Å²) in [5.41, 5.74) is 1.39. The SMILES string of the molecule is O=C(NC[C@H]1CCN(c2ccccc2)C1)NC[C@H](O)c1ccc(F)c(F)c1. The first kappa shape index (κ1) is 19.1. The van der Waals surface area contributed by atoms with Crippen LogP contribution < -0.4 is 15.5 Å². The van der Waals surface area contributed by atoms with E-state index in [4.69, 9.17) is 0 Å². The Hall–Kier alpha value is -2.67. The molecule has 2 aromatic rings. The molecule has 2 aromatic carbocycles. The van der Waals surface area contributed by atoms with Crippen molar-refractivity contribution in [3.8, 4) is 0 Å². The minimum atomic E-state index is -1.11. The van der Waals surface area contributed by atoms with Gasteiger partial charge in [0.05, 0.1) is 6.10 Å². The number of carbonyl (C=O) groups is 1. The Morgan fingerprint density at radius 2 is 1.93 bits per heavy atom. The molecule has 3 rings (SSSR count). The molecule has 3 N–H and O–H groups in total. The highest BCUT2D eigenvalue weighted by Crippen LogP contribution is 2.23. The van der Waals surface area contributed by atoms with Crippen LogP contribution in [0, 0.1) is 17.6 Å². The molecule has 0 aliphatic carbocycles. The van der Waals surface area contributed by atoms with Gasteiger partial charge in [0.1, 0.15) is 0 Å². The fraction of sp³-hybridized carbons (Fsp3) is 0.350. The molecule has 0 saturated carbocycles. The van der Waals surface area contributed by atoms with Gasteiger partial charge in [-0.15, -0.1) is 0 Å². The highest BCUT2D eigenvalue weighted by Gasteiger charge is 2.23. The van der Waals surface area contributed by atoms with E-state index in [0.29, 0.717) is 12.5 Å². The summed E-state index contributed by atoms with van der Waals surface area (Å²) < 4.78 is 26.1. The summed E-state index contributed by atoms with van der Waals surface area (Å²) in [5, 5.41) is 15.3. The Morgan fingerprint density at radius 3 is 2.67 bits per heavy atom. The third-order valence-electron chi connectivity index (χ3n) is 4.74. The Balaban J connectivity index is 1.39. The van der Waals surface area contributed by atoms with Crippen LogP contribution >= 0.6 is 0 Å². The average molecular weight is 375 g/mol. The summed E-state index contributed by atoms with van der Waals surface area (Å²) in [4.78, 5) is 14.2. The Morgan fingerprint density at radius 1 is 1.15 bits per heavy atom. The number of aliphatic hydroxyl groups excluding tert-OH is 1. The Labute approximate surface area is 157 Å². The lowest BCUT2D eigenvalue weighted by atomic mass is 10.1. The summed E-state index contributed by atoms with van der Waals surface area (Å²) >= 11 is 0. The van der Waals surface area contributed by atoms with E-state index >= 15 is 0 Å². The van der Waals surface area contributed by atoms with Crippen molar-refractivity contribution in [3.05, 3.63) is 65.7 Å². The number of aliphatic hydroxyl groups is 1. The van der Waals surface area contributed by atoms with Crippen molar-refractivity contribution in [1.29, 1.82) is 0 Å². The van der Waals surface area contributed by atoms with Crippen LogP contribution in [0.5, 0.6) is 0 Å². The summed E-state index contributed by atoms with van der Waals surface area (Å²) in [6.45, 7) is 2.28. The monoisotopic (exact) mass is 375 g/mol. The maximum absolute atomic E-state index is 13.2. The standard InChI is InChI=1S/C20H23F2N3O2/c21-17-7-6-15(10-18(17)22)19(26)12-24-20(27)23-11-14-8-9-25(13-14)16-4-2-1-3-5-16/h1-7,10,14,19,26H,8-9,11-13H2,(H2,23,24,27)/t14-,19+/m1/s1. The first-order chi connectivity index (χ1) is 13.0. The summed E-state index contributed by atoms with van der Waals surface area (Å²) in [6.07, 6.45) is -0.113. The van der Waals surface area contributed by atoms with Crippen molar-refractivity contribution in [2.24, 2.45) is 5.92 Å². The minimum Gasteiger partial charge on any atom is -0.387 e. The molecule has 2 amide bonds. The van der Waals surface area contributed by atoms with Gasteiger partial charge in [0.2, 0.25) is 0 Å². The predicted molar refractivity (Wildman–Crippen MR) is 99.5 cm³/mol. The number of para-hydroxylation sites is 1. The Bertz CT molecular complexity index is 773. The third-order valence-corrected chi connectivity index (χ3v) is 4.74. The van der Waals surface area contributed by atoms with Crippen LogP contribution in [-0.4, -0.2) is 37.3 Å². The van der Waals surface area contributed by atoms with Crippen molar-refractivity contribution < 1.29 is 18.7 Å². The van der Waals surface area contributed by atoms with Crippen LogP contribution in [0.25, 0.3) is 0 Å². The van der Waals surface area contributed by atoms with Crippen LogP contribution in [0.2, 0.25) is 0 Å². The molecular weight excluding hydrogens is 352 g/mol. The van der Waals surface area contributed by atoms with Crippen molar-refractivity contribution in [2.75, 3.05) is 31.1 Å². The summed E-state index contributed by atoms with van der Waals surface area (Å²) in [6, 6.07) is 12.9. The molecule has 2 atom stereocenters. The van der Waals surface area contributed by atoms with E-state index in [9.17, 15) is 18.7 Å². The molecular formula is C20H23F2N3O2. The number of nitrogens with one attached hydrogen (secondary N) is 2. The molecule has 1 aliphatic rings. The molecule has 1 fully saturated rings. The summed E-state index contributed by atoms with van der Waals surface area (Å²) in [7, 11) is 0.